The van der Waals surface area contributed by atoms with Gasteiger partial charge in [0, 0.05) is 30.4 Å². The van der Waals surface area contributed by atoms with Crippen molar-refractivity contribution in [3.05, 3.63) is 29.6 Å². The molecule has 2 nitrogen and oxygen atoms in total. The summed E-state index contributed by atoms with van der Waals surface area (Å²) in [5, 5.41) is 3.60. The van der Waals surface area contributed by atoms with E-state index in [2.05, 4.69) is 31.0 Å². The maximum Gasteiger partial charge on any atom is 0.126 e. The second-order valence-electron chi connectivity index (χ2n) is 5.71. The number of hydrogen-bond acceptors (Lipinski definition) is 2. The van der Waals surface area contributed by atoms with Crippen molar-refractivity contribution >= 4 is 5.69 Å². The van der Waals surface area contributed by atoms with Gasteiger partial charge >= 0.3 is 0 Å². The number of aryl methyl sites for hydroxylation is 1. The summed E-state index contributed by atoms with van der Waals surface area (Å²) in [6.07, 6.45) is 1.09. The van der Waals surface area contributed by atoms with Crippen LogP contribution in [0.5, 0.6) is 0 Å². The molecule has 0 aromatic heterocycles. The van der Waals surface area contributed by atoms with Crippen molar-refractivity contribution in [3.63, 3.8) is 0 Å². The van der Waals surface area contributed by atoms with E-state index in [1.54, 1.807) is 6.07 Å². The molecule has 100 valence electrons. The minimum Gasteiger partial charge on any atom is -0.366 e. The molecule has 0 spiro atoms. The van der Waals surface area contributed by atoms with E-state index in [1.165, 1.54) is 0 Å². The van der Waals surface area contributed by atoms with Gasteiger partial charge in [-0.15, -0.1) is 0 Å². The summed E-state index contributed by atoms with van der Waals surface area (Å²) in [6, 6.07) is 5.85. The predicted octanol–water partition coefficient (Wildman–Crippen LogP) is 3.10. The Bertz CT molecular complexity index is 433. The Morgan fingerprint density at radius 1 is 1.50 bits per heavy atom. The molecule has 1 aromatic carbocycles. The van der Waals surface area contributed by atoms with Crippen molar-refractivity contribution in [1.29, 1.82) is 0 Å². The van der Waals surface area contributed by atoms with Crippen LogP contribution in [0.3, 0.4) is 0 Å². The molecule has 0 bridgehead atoms. The lowest BCUT2D eigenvalue weighted by atomic mass is 9.93. The first-order chi connectivity index (χ1) is 8.45. The van der Waals surface area contributed by atoms with Gasteiger partial charge in [-0.1, -0.05) is 6.92 Å². The number of rotatable bonds is 2. The Morgan fingerprint density at radius 2 is 2.22 bits per heavy atom. The van der Waals surface area contributed by atoms with Crippen LogP contribution in [0.15, 0.2) is 18.2 Å². The van der Waals surface area contributed by atoms with Gasteiger partial charge in [-0.3, -0.25) is 0 Å². The van der Waals surface area contributed by atoms with Crippen molar-refractivity contribution in [2.45, 2.75) is 45.7 Å². The molecule has 0 amide bonds. The molecular weight excluding hydrogens is 227 g/mol. The Balaban J connectivity index is 2.27. The Kier molecular flexibility index (Phi) is 3.62. The van der Waals surface area contributed by atoms with Crippen LogP contribution in [0.1, 0.15) is 32.8 Å². The molecule has 1 fully saturated rings. The lowest BCUT2D eigenvalue weighted by Crippen LogP contribution is -2.62. The lowest BCUT2D eigenvalue weighted by molar-refractivity contribution is 0.285. The van der Waals surface area contributed by atoms with Crippen molar-refractivity contribution in [1.82, 2.24) is 5.32 Å². The van der Waals surface area contributed by atoms with E-state index in [4.69, 9.17) is 0 Å². The van der Waals surface area contributed by atoms with Crippen molar-refractivity contribution in [2.75, 3.05) is 18.0 Å². The van der Waals surface area contributed by atoms with E-state index in [0.717, 1.165) is 30.8 Å². The predicted molar refractivity (Wildman–Crippen MR) is 74.6 cm³/mol. The summed E-state index contributed by atoms with van der Waals surface area (Å²) in [7, 11) is 0. The third-order valence-corrected chi connectivity index (χ3v) is 4.13. The maximum absolute atomic E-state index is 13.4. The van der Waals surface area contributed by atoms with Crippen LogP contribution in [-0.4, -0.2) is 24.7 Å². The molecule has 1 saturated heterocycles. The fourth-order valence-corrected chi connectivity index (χ4v) is 2.48. The number of nitrogens with one attached hydrogen (secondary N) is 1. The maximum atomic E-state index is 13.4. The van der Waals surface area contributed by atoms with Gasteiger partial charge in [0.25, 0.3) is 0 Å². The van der Waals surface area contributed by atoms with Crippen LogP contribution in [0, 0.1) is 12.7 Å². The van der Waals surface area contributed by atoms with Crippen LogP contribution in [0.25, 0.3) is 0 Å². The average molecular weight is 250 g/mol. The topological polar surface area (TPSA) is 15.3 Å². The molecular formula is C15H23FN2. The number of benzene rings is 1. The quantitative estimate of drug-likeness (QED) is 0.867. The highest BCUT2D eigenvalue weighted by Crippen LogP contribution is 2.26. The van der Waals surface area contributed by atoms with Crippen LogP contribution < -0.4 is 10.2 Å². The first-order valence-electron chi connectivity index (χ1n) is 6.73. The van der Waals surface area contributed by atoms with Gasteiger partial charge in [0.2, 0.25) is 0 Å². The Labute approximate surface area is 109 Å². The zero-order valence-electron chi connectivity index (χ0n) is 11.8. The molecule has 1 aliphatic rings. The monoisotopic (exact) mass is 250 g/mol. The van der Waals surface area contributed by atoms with E-state index >= 15 is 0 Å². The van der Waals surface area contributed by atoms with E-state index in [9.17, 15) is 4.39 Å². The number of piperazine rings is 1. The van der Waals surface area contributed by atoms with Gasteiger partial charge in [0.1, 0.15) is 5.82 Å². The van der Waals surface area contributed by atoms with E-state index in [1.807, 2.05) is 19.1 Å². The SMILES string of the molecule is CCC1(C)CN(c2ccc(F)c(C)c2)C(C)CN1. The van der Waals surface area contributed by atoms with E-state index in [0.29, 0.717) is 6.04 Å². The van der Waals surface area contributed by atoms with Gasteiger partial charge in [-0.2, -0.15) is 0 Å². The fourth-order valence-electron chi connectivity index (χ4n) is 2.48. The van der Waals surface area contributed by atoms with Crippen LogP contribution in [0.2, 0.25) is 0 Å². The van der Waals surface area contributed by atoms with E-state index < -0.39 is 0 Å². The lowest BCUT2D eigenvalue weighted by Gasteiger charge is -2.46. The number of nitrogens with zero attached hydrogens (tertiary/aromatic N) is 1. The molecule has 2 atom stereocenters. The van der Waals surface area contributed by atoms with Crippen molar-refractivity contribution in [2.24, 2.45) is 0 Å². The van der Waals surface area contributed by atoms with Crippen molar-refractivity contribution in [3.8, 4) is 0 Å². The molecule has 18 heavy (non-hydrogen) atoms. The Morgan fingerprint density at radius 3 is 2.83 bits per heavy atom. The summed E-state index contributed by atoms with van der Waals surface area (Å²) >= 11 is 0. The summed E-state index contributed by atoms with van der Waals surface area (Å²) in [5.74, 6) is -0.125. The first-order valence-corrected chi connectivity index (χ1v) is 6.73. The summed E-state index contributed by atoms with van der Waals surface area (Å²) < 4.78 is 13.4. The van der Waals surface area contributed by atoms with Crippen LogP contribution >= 0.6 is 0 Å². The third-order valence-electron chi connectivity index (χ3n) is 4.13. The highest BCUT2D eigenvalue weighted by atomic mass is 19.1. The molecule has 0 saturated carbocycles. The van der Waals surface area contributed by atoms with Crippen LogP contribution in [0.4, 0.5) is 10.1 Å². The average Bonchev–Trinajstić information content (AvgIpc) is 2.36. The molecule has 2 unspecified atom stereocenters. The molecule has 1 aliphatic heterocycles. The normalized spacial score (nSPS) is 28.5. The first kappa shape index (κ1) is 13.3. The Hall–Kier alpha value is -1.09. The molecule has 2 rings (SSSR count). The number of halogens is 1. The van der Waals surface area contributed by atoms with Gasteiger partial charge in [-0.25, -0.2) is 4.39 Å². The summed E-state index contributed by atoms with van der Waals surface area (Å²) in [5.41, 5.74) is 1.99. The molecule has 1 aromatic rings. The molecule has 1 heterocycles. The molecule has 0 radical (unpaired) electrons. The zero-order valence-corrected chi connectivity index (χ0v) is 11.8. The molecule has 1 N–H and O–H groups in total. The smallest absolute Gasteiger partial charge is 0.126 e. The fraction of sp³-hybridized carbons (Fsp3) is 0.600. The number of hydrogen-bond donors (Lipinski definition) is 1. The second kappa shape index (κ2) is 4.88. The van der Waals surface area contributed by atoms with Crippen LogP contribution in [-0.2, 0) is 0 Å². The number of anilines is 1. The third kappa shape index (κ3) is 2.51. The van der Waals surface area contributed by atoms with Gasteiger partial charge < -0.3 is 10.2 Å². The highest BCUT2D eigenvalue weighted by molar-refractivity contribution is 5.50. The van der Waals surface area contributed by atoms with E-state index in [-0.39, 0.29) is 11.4 Å². The van der Waals surface area contributed by atoms with Gasteiger partial charge in [0.15, 0.2) is 0 Å². The van der Waals surface area contributed by atoms with Gasteiger partial charge in [0.05, 0.1) is 0 Å². The van der Waals surface area contributed by atoms with Gasteiger partial charge in [-0.05, 0) is 51.0 Å². The van der Waals surface area contributed by atoms with Crippen molar-refractivity contribution < 1.29 is 4.39 Å². The summed E-state index contributed by atoms with van der Waals surface area (Å²) in [6.45, 7) is 10.4. The highest BCUT2D eigenvalue weighted by Gasteiger charge is 2.32. The second-order valence-corrected chi connectivity index (χ2v) is 5.71. The molecule has 3 heteroatoms. The summed E-state index contributed by atoms with van der Waals surface area (Å²) in [4.78, 5) is 2.38. The largest absolute Gasteiger partial charge is 0.366 e. The zero-order chi connectivity index (χ0) is 13.3. The molecule has 0 aliphatic carbocycles. The minimum atomic E-state index is -0.125. The minimum absolute atomic E-state index is 0.125. The standard InChI is InChI=1S/C15H23FN2/c1-5-15(4)10-18(12(3)9-17-15)13-6-7-14(16)11(2)8-13/h6-8,12,17H,5,9-10H2,1-4H3.